The van der Waals surface area contributed by atoms with E-state index in [1.54, 1.807) is 24.3 Å². The number of nitrogens with zero attached hydrogens (tertiary/aromatic N) is 2. The molecule has 0 unspecified atom stereocenters. The van der Waals surface area contributed by atoms with Crippen molar-refractivity contribution in [1.29, 1.82) is 0 Å². The lowest BCUT2D eigenvalue weighted by atomic mass is 10.2. The van der Waals surface area contributed by atoms with Gasteiger partial charge in [0.15, 0.2) is 0 Å². The number of thiazole rings is 1. The van der Waals surface area contributed by atoms with Gasteiger partial charge >= 0.3 is 0 Å². The number of nitrogens with one attached hydrogen (secondary N) is 1. The van der Waals surface area contributed by atoms with Gasteiger partial charge in [-0.15, -0.1) is 11.3 Å². The molecular formula is C18H15N3O2S. The van der Waals surface area contributed by atoms with Crippen molar-refractivity contribution < 1.29 is 9.90 Å². The van der Waals surface area contributed by atoms with Gasteiger partial charge in [-0.3, -0.25) is 4.79 Å². The summed E-state index contributed by atoms with van der Waals surface area (Å²) in [4.78, 5) is 17.5. The van der Waals surface area contributed by atoms with Gasteiger partial charge in [0, 0.05) is 10.4 Å². The molecule has 1 heterocycles. The third-order valence-electron chi connectivity index (χ3n) is 3.28. The Morgan fingerprint density at radius 1 is 1.21 bits per heavy atom. The second kappa shape index (κ2) is 7.06. The molecule has 0 bridgehead atoms. The molecule has 0 radical (unpaired) electrons. The monoisotopic (exact) mass is 337 g/mol. The SMILES string of the molecule is Cc1sc(-c2ccccc2)nc1C(=O)N/N=C\c1cccc(O)c1. The third kappa shape index (κ3) is 3.67. The average Bonchev–Trinajstić information content (AvgIpc) is 2.98. The van der Waals surface area contributed by atoms with Crippen molar-refractivity contribution in [2.45, 2.75) is 6.92 Å². The smallest absolute Gasteiger partial charge is 0.291 e. The molecule has 1 amide bonds. The van der Waals surface area contributed by atoms with E-state index in [2.05, 4.69) is 15.5 Å². The van der Waals surface area contributed by atoms with Gasteiger partial charge in [-0.1, -0.05) is 42.5 Å². The van der Waals surface area contributed by atoms with E-state index in [4.69, 9.17) is 0 Å². The minimum absolute atomic E-state index is 0.146. The van der Waals surface area contributed by atoms with E-state index in [-0.39, 0.29) is 11.7 Å². The van der Waals surface area contributed by atoms with Crippen LogP contribution in [0, 0.1) is 6.92 Å². The third-order valence-corrected chi connectivity index (χ3v) is 4.30. The Labute approximate surface area is 143 Å². The number of carbonyl (C=O) groups is 1. The van der Waals surface area contributed by atoms with Crippen molar-refractivity contribution in [2.75, 3.05) is 0 Å². The summed E-state index contributed by atoms with van der Waals surface area (Å²) in [6.45, 7) is 1.86. The van der Waals surface area contributed by atoms with E-state index in [9.17, 15) is 9.90 Å². The molecule has 5 nitrogen and oxygen atoms in total. The normalized spacial score (nSPS) is 10.9. The van der Waals surface area contributed by atoms with Crippen LogP contribution in [0.5, 0.6) is 5.75 Å². The van der Waals surface area contributed by atoms with Crippen LogP contribution in [-0.2, 0) is 0 Å². The number of aromatic nitrogens is 1. The fourth-order valence-electron chi connectivity index (χ4n) is 2.13. The summed E-state index contributed by atoms with van der Waals surface area (Å²) in [7, 11) is 0. The fourth-order valence-corrected chi connectivity index (χ4v) is 3.05. The van der Waals surface area contributed by atoms with Crippen molar-refractivity contribution in [3.05, 3.63) is 70.7 Å². The predicted molar refractivity (Wildman–Crippen MR) is 95.5 cm³/mol. The highest BCUT2D eigenvalue weighted by atomic mass is 32.1. The molecule has 0 atom stereocenters. The number of aromatic hydroxyl groups is 1. The number of carbonyl (C=O) groups excluding carboxylic acids is 1. The van der Waals surface area contributed by atoms with Gasteiger partial charge in [0.05, 0.1) is 6.21 Å². The van der Waals surface area contributed by atoms with E-state index in [0.717, 1.165) is 15.4 Å². The zero-order valence-electron chi connectivity index (χ0n) is 12.9. The van der Waals surface area contributed by atoms with Crippen LogP contribution in [0.4, 0.5) is 0 Å². The Morgan fingerprint density at radius 2 is 2.00 bits per heavy atom. The number of phenolic OH excluding ortho intramolecular Hbond substituents is 1. The second-order valence-electron chi connectivity index (χ2n) is 5.08. The molecule has 0 aliphatic carbocycles. The molecule has 0 aliphatic heterocycles. The van der Waals surface area contributed by atoms with Crippen LogP contribution in [0.25, 0.3) is 10.6 Å². The number of hydrazone groups is 1. The number of amides is 1. The minimum atomic E-state index is -0.359. The molecule has 0 spiro atoms. The molecule has 2 N–H and O–H groups in total. The van der Waals surface area contributed by atoms with Crippen LogP contribution < -0.4 is 5.43 Å². The molecule has 0 saturated heterocycles. The van der Waals surface area contributed by atoms with Gasteiger partial charge in [-0.2, -0.15) is 5.10 Å². The molecule has 0 aliphatic rings. The Morgan fingerprint density at radius 3 is 2.75 bits per heavy atom. The summed E-state index contributed by atoms with van der Waals surface area (Å²) in [5.74, 6) is -0.213. The van der Waals surface area contributed by atoms with Crippen LogP contribution in [0.3, 0.4) is 0 Å². The van der Waals surface area contributed by atoms with Gasteiger partial charge in [0.1, 0.15) is 16.5 Å². The zero-order valence-corrected chi connectivity index (χ0v) is 13.7. The summed E-state index contributed by atoms with van der Waals surface area (Å²) in [6, 6.07) is 16.3. The first-order valence-corrected chi connectivity index (χ1v) is 8.10. The van der Waals surface area contributed by atoms with Crippen molar-refractivity contribution in [3.63, 3.8) is 0 Å². The lowest BCUT2D eigenvalue weighted by Crippen LogP contribution is -2.18. The van der Waals surface area contributed by atoms with Crippen LogP contribution in [0.1, 0.15) is 20.9 Å². The Balaban J connectivity index is 1.73. The first-order valence-electron chi connectivity index (χ1n) is 7.29. The second-order valence-corrected chi connectivity index (χ2v) is 6.29. The average molecular weight is 337 g/mol. The van der Waals surface area contributed by atoms with Crippen LogP contribution in [0.2, 0.25) is 0 Å². The highest BCUT2D eigenvalue weighted by Gasteiger charge is 2.15. The maximum atomic E-state index is 12.2. The topological polar surface area (TPSA) is 74.6 Å². The van der Waals surface area contributed by atoms with Crippen LogP contribution in [-0.4, -0.2) is 22.2 Å². The molecule has 24 heavy (non-hydrogen) atoms. The molecule has 2 aromatic carbocycles. The number of aryl methyl sites for hydroxylation is 1. The lowest BCUT2D eigenvalue weighted by Gasteiger charge is -1.98. The van der Waals surface area contributed by atoms with Gasteiger partial charge in [-0.25, -0.2) is 10.4 Å². The first-order chi connectivity index (χ1) is 11.6. The largest absolute Gasteiger partial charge is 0.508 e. The minimum Gasteiger partial charge on any atom is -0.508 e. The number of hydrogen-bond donors (Lipinski definition) is 2. The van der Waals surface area contributed by atoms with Crippen molar-refractivity contribution in [1.82, 2.24) is 10.4 Å². The maximum absolute atomic E-state index is 12.2. The highest BCUT2D eigenvalue weighted by Crippen LogP contribution is 2.27. The predicted octanol–water partition coefficient (Wildman–Crippen LogP) is 3.59. The molecule has 0 saturated carbocycles. The summed E-state index contributed by atoms with van der Waals surface area (Å²) >= 11 is 1.47. The molecule has 6 heteroatoms. The number of benzene rings is 2. The van der Waals surface area contributed by atoms with E-state index in [0.29, 0.717) is 11.3 Å². The highest BCUT2D eigenvalue weighted by molar-refractivity contribution is 7.15. The summed E-state index contributed by atoms with van der Waals surface area (Å²) in [5.41, 5.74) is 4.50. The standard InChI is InChI=1S/C18H15N3O2S/c1-12-16(20-18(24-12)14-7-3-2-4-8-14)17(23)21-19-11-13-6-5-9-15(22)10-13/h2-11,22H,1H3,(H,21,23)/b19-11-. The molecule has 1 aromatic heterocycles. The zero-order chi connectivity index (χ0) is 16.9. The number of phenols is 1. The summed E-state index contributed by atoms with van der Waals surface area (Å²) in [6.07, 6.45) is 1.47. The molecular weight excluding hydrogens is 322 g/mol. The molecule has 0 fully saturated rings. The van der Waals surface area contributed by atoms with Gasteiger partial charge < -0.3 is 5.11 Å². The van der Waals surface area contributed by atoms with Crippen molar-refractivity contribution >= 4 is 23.5 Å². The Bertz CT molecular complexity index is 888. The maximum Gasteiger partial charge on any atom is 0.291 e. The van der Waals surface area contributed by atoms with E-state index in [1.165, 1.54) is 17.6 Å². The van der Waals surface area contributed by atoms with Gasteiger partial charge in [-0.05, 0) is 24.6 Å². The van der Waals surface area contributed by atoms with Crippen molar-refractivity contribution in [3.8, 4) is 16.3 Å². The van der Waals surface area contributed by atoms with Gasteiger partial charge in [0.25, 0.3) is 5.91 Å². The van der Waals surface area contributed by atoms with E-state index < -0.39 is 0 Å². The van der Waals surface area contributed by atoms with Crippen LogP contribution in [0.15, 0.2) is 59.7 Å². The molecule has 3 rings (SSSR count). The van der Waals surface area contributed by atoms with E-state index >= 15 is 0 Å². The summed E-state index contributed by atoms with van der Waals surface area (Å²) < 4.78 is 0. The summed E-state index contributed by atoms with van der Waals surface area (Å²) in [5, 5.41) is 14.1. The molecule has 120 valence electrons. The first kappa shape index (κ1) is 15.9. The number of hydrogen-bond acceptors (Lipinski definition) is 5. The number of rotatable bonds is 4. The Kier molecular flexibility index (Phi) is 4.67. The quantitative estimate of drug-likeness (QED) is 0.564. The van der Waals surface area contributed by atoms with Gasteiger partial charge in [0.2, 0.25) is 0 Å². The Hall–Kier alpha value is -2.99. The lowest BCUT2D eigenvalue weighted by molar-refractivity contribution is 0.0950. The fraction of sp³-hybridized carbons (Fsp3) is 0.0556. The molecule has 3 aromatic rings. The van der Waals surface area contributed by atoms with Crippen molar-refractivity contribution in [2.24, 2.45) is 5.10 Å². The van der Waals surface area contributed by atoms with Crippen LogP contribution >= 0.6 is 11.3 Å². The van der Waals surface area contributed by atoms with E-state index in [1.807, 2.05) is 37.3 Å².